The van der Waals surface area contributed by atoms with Gasteiger partial charge in [-0.25, -0.2) is 4.98 Å². The predicted octanol–water partition coefficient (Wildman–Crippen LogP) is 2.60. The van der Waals surface area contributed by atoms with Crippen molar-refractivity contribution in [1.82, 2.24) is 9.97 Å². The van der Waals surface area contributed by atoms with Crippen LogP contribution in [-0.2, 0) is 11.2 Å². The second-order valence-electron chi connectivity index (χ2n) is 4.12. The number of nitrogens with one attached hydrogen (secondary N) is 1. The molecule has 1 unspecified atom stereocenters. The number of rotatable bonds is 4. The maximum Gasteiger partial charge on any atom is 0.312 e. The van der Waals surface area contributed by atoms with Gasteiger partial charge in [0, 0.05) is 4.47 Å². The van der Waals surface area contributed by atoms with Crippen LogP contribution in [0.4, 0.5) is 0 Å². The minimum absolute atomic E-state index is 0.0682. The summed E-state index contributed by atoms with van der Waals surface area (Å²) < 4.78 is 0.798. The molecular weight excluding hydrogens is 348 g/mol. The highest BCUT2D eigenvalue weighted by atomic mass is 79.9. The van der Waals surface area contributed by atoms with Gasteiger partial charge < -0.3 is 10.1 Å². The third-order valence-corrected chi connectivity index (χ3v) is 3.97. The van der Waals surface area contributed by atoms with Crippen LogP contribution in [0.5, 0.6) is 0 Å². The lowest BCUT2D eigenvalue weighted by Crippen LogP contribution is -2.20. The van der Waals surface area contributed by atoms with Gasteiger partial charge in [0.05, 0.1) is 12.0 Å². The Hall–Kier alpha value is -1.66. The number of H-pyrrole nitrogens is 1. The summed E-state index contributed by atoms with van der Waals surface area (Å²) in [6.07, 6.45) is 1.34. The van der Waals surface area contributed by atoms with E-state index >= 15 is 0 Å². The lowest BCUT2D eigenvalue weighted by molar-refractivity contribution is -0.138. The Bertz CT molecular complexity index is 702. The maximum absolute atomic E-state index is 11.5. The third-order valence-electron chi connectivity index (χ3n) is 2.83. The fourth-order valence-corrected chi connectivity index (χ4v) is 2.51. The zero-order valence-electron chi connectivity index (χ0n) is 10.1. The standard InChI is InChI=1S/C13H10BrClN2O3/c14-9-4-2-1-3-7(9)5-8(13(19)20)11-10(15)12(18)17-6-16-11/h1-4,6,8H,5H2,(H,19,20)(H,16,17,18). The molecule has 0 aliphatic rings. The van der Waals surface area contributed by atoms with Gasteiger partial charge in [0.25, 0.3) is 5.56 Å². The number of halogens is 2. The Balaban J connectivity index is 2.43. The number of nitrogens with zero attached hydrogens (tertiary/aromatic N) is 1. The molecule has 2 rings (SSSR count). The maximum atomic E-state index is 11.5. The second-order valence-corrected chi connectivity index (χ2v) is 5.35. The van der Waals surface area contributed by atoms with Crippen molar-refractivity contribution in [3.63, 3.8) is 0 Å². The van der Waals surface area contributed by atoms with Crippen molar-refractivity contribution >= 4 is 33.5 Å². The molecule has 1 heterocycles. The first-order valence-corrected chi connectivity index (χ1v) is 6.87. The number of carbonyl (C=O) groups is 1. The van der Waals surface area contributed by atoms with Crippen molar-refractivity contribution in [2.45, 2.75) is 12.3 Å². The first-order chi connectivity index (χ1) is 9.50. The zero-order valence-corrected chi connectivity index (χ0v) is 12.5. The van der Waals surface area contributed by atoms with Gasteiger partial charge in [-0.1, -0.05) is 45.7 Å². The van der Waals surface area contributed by atoms with Crippen LogP contribution in [0.1, 0.15) is 17.2 Å². The van der Waals surface area contributed by atoms with Gasteiger partial charge >= 0.3 is 5.97 Å². The molecule has 104 valence electrons. The molecule has 2 aromatic rings. The average molecular weight is 358 g/mol. The van der Waals surface area contributed by atoms with Crippen molar-refractivity contribution < 1.29 is 9.90 Å². The summed E-state index contributed by atoms with van der Waals surface area (Å²) >= 11 is 9.22. The molecule has 0 aliphatic carbocycles. The normalized spacial score (nSPS) is 12.1. The molecule has 20 heavy (non-hydrogen) atoms. The summed E-state index contributed by atoms with van der Waals surface area (Å²) in [6, 6.07) is 7.27. The van der Waals surface area contributed by atoms with Crippen molar-refractivity contribution in [2.75, 3.05) is 0 Å². The second kappa shape index (κ2) is 6.19. The van der Waals surface area contributed by atoms with Gasteiger partial charge in [0.15, 0.2) is 0 Å². The Morgan fingerprint density at radius 3 is 2.80 bits per heavy atom. The van der Waals surface area contributed by atoms with Gasteiger partial charge in [0.2, 0.25) is 0 Å². The van der Waals surface area contributed by atoms with E-state index in [1.54, 1.807) is 6.07 Å². The Kier molecular flexibility index (Phi) is 4.57. The summed E-state index contributed by atoms with van der Waals surface area (Å²) in [4.78, 5) is 29.1. The van der Waals surface area contributed by atoms with E-state index in [1.807, 2.05) is 18.2 Å². The highest BCUT2D eigenvalue weighted by Crippen LogP contribution is 2.27. The number of aromatic amines is 1. The third kappa shape index (κ3) is 3.08. The van der Waals surface area contributed by atoms with E-state index in [2.05, 4.69) is 25.9 Å². The number of benzene rings is 1. The van der Waals surface area contributed by atoms with Crippen LogP contribution in [0.25, 0.3) is 0 Å². The van der Waals surface area contributed by atoms with Crippen LogP contribution < -0.4 is 5.56 Å². The molecule has 0 saturated heterocycles. The molecule has 2 N–H and O–H groups in total. The lowest BCUT2D eigenvalue weighted by atomic mass is 9.96. The number of aromatic nitrogens is 2. The Morgan fingerprint density at radius 2 is 2.15 bits per heavy atom. The Morgan fingerprint density at radius 1 is 1.45 bits per heavy atom. The molecule has 0 radical (unpaired) electrons. The lowest BCUT2D eigenvalue weighted by Gasteiger charge is -2.13. The fraction of sp³-hybridized carbons (Fsp3) is 0.154. The smallest absolute Gasteiger partial charge is 0.312 e. The number of carboxylic acid groups (broad SMARTS) is 1. The van der Waals surface area contributed by atoms with E-state index in [9.17, 15) is 14.7 Å². The van der Waals surface area contributed by atoms with E-state index in [1.165, 1.54) is 0 Å². The molecule has 1 aromatic heterocycles. The average Bonchev–Trinajstić information content (AvgIpc) is 2.41. The van der Waals surface area contributed by atoms with Gasteiger partial charge in [-0.2, -0.15) is 0 Å². The Labute approximate surface area is 127 Å². The van der Waals surface area contributed by atoms with Crippen LogP contribution >= 0.6 is 27.5 Å². The van der Waals surface area contributed by atoms with Crippen molar-refractivity contribution in [1.29, 1.82) is 0 Å². The summed E-state index contributed by atoms with van der Waals surface area (Å²) in [5.41, 5.74) is 0.326. The number of aliphatic carboxylic acids is 1. The SMILES string of the molecule is O=C(O)C(Cc1ccccc1Br)c1nc[nH]c(=O)c1Cl. The molecule has 0 bridgehead atoms. The highest BCUT2D eigenvalue weighted by molar-refractivity contribution is 9.10. The topological polar surface area (TPSA) is 83.0 Å². The first-order valence-electron chi connectivity index (χ1n) is 5.70. The molecule has 0 aliphatic heterocycles. The molecule has 1 atom stereocenters. The first kappa shape index (κ1) is 14.7. The minimum atomic E-state index is -1.08. The summed E-state index contributed by atoms with van der Waals surface area (Å²) in [7, 11) is 0. The van der Waals surface area contributed by atoms with Crippen LogP contribution in [-0.4, -0.2) is 21.0 Å². The monoisotopic (exact) mass is 356 g/mol. The molecule has 0 spiro atoms. The van der Waals surface area contributed by atoms with Gasteiger partial charge in [-0.05, 0) is 18.1 Å². The predicted molar refractivity (Wildman–Crippen MR) is 78.1 cm³/mol. The number of carboxylic acids is 1. The summed E-state index contributed by atoms with van der Waals surface area (Å²) in [5.74, 6) is -2.07. The van der Waals surface area contributed by atoms with Crippen LogP contribution in [0.3, 0.4) is 0 Å². The fourth-order valence-electron chi connectivity index (χ4n) is 1.82. The van der Waals surface area contributed by atoms with Gasteiger partial charge in [-0.3, -0.25) is 9.59 Å². The molecule has 0 amide bonds. The molecule has 5 nitrogen and oxygen atoms in total. The molecule has 0 saturated carbocycles. The van der Waals surface area contributed by atoms with Crippen LogP contribution in [0.2, 0.25) is 5.02 Å². The number of hydrogen-bond donors (Lipinski definition) is 2. The summed E-state index contributed by atoms with van der Waals surface area (Å²) in [6.45, 7) is 0. The highest BCUT2D eigenvalue weighted by Gasteiger charge is 2.26. The number of hydrogen-bond acceptors (Lipinski definition) is 3. The molecule has 7 heteroatoms. The largest absolute Gasteiger partial charge is 0.481 e. The van der Waals surface area contributed by atoms with E-state index in [0.717, 1.165) is 16.4 Å². The quantitative estimate of drug-likeness (QED) is 0.881. The van der Waals surface area contributed by atoms with E-state index in [4.69, 9.17) is 11.6 Å². The van der Waals surface area contributed by atoms with Crippen LogP contribution in [0.15, 0.2) is 39.9 Å². The van der Waals surface area contributed by atoms with E-state index < -0.39 is 17.4 Å². The van der Waals surface area contributed by atoms with Crippen LogP contribution in [0, 0.1) is 0 Å². The van der Waals surface area contributed by atoms with Gasteiger partial charge in [0.1, 0.15) is 10.9 Å². The van der Waals surface area contributed by atoms with E-state index in [0.29, 0.717) is 0 Å². The van der Waals surface area contributed by atoms with Crippen molar-refractivity contribution in [3.8, 4) is 0 Å². The summed E-state index contributed by atoms with van der Waals surface area (Å²) in [5, 5.41) is 9.18. The minimum Gasteiger partial charge on any atom is -0.481 e. The zero-order chi connectivity index (χ0) is 14.7. The van der Waals surface area contributed by atoms with E-state index in [-0.39, 0.29) is 17.1 Å². The molecule has 0 fully saturated rings. The van der Waals surface area contributed by atoms with Crippen molar-refractivity contribution in [3.05, 3.63) is 61.7 Å². The van der Waals surface area contributed by atoms with Crippen molar-refractivity contribution in [2.24, 2.45) is 0 Å². The van der Waals surface area contributed by atoms with Gasteiger partial charge in [-0.15, -0.1) is 0 Å². The molecule has 1 aromatic carbocycles. The molecular formula is C13H10BrClN2O3.